The molecule has 0 atom stereocenters. The monoisotopic (exact) mass is 276 g/mol. The second-order valence-corrected chi connectivity index (χ2v) is 4.75. The smallest absolute Gasteiger partial charge is 0.393 e. The molecule has 106 valence electrons. The zero-order chi connectivity index (χ0) is 14.1. The Kier molecular flexibility index (Phi) is 3.69. The van der Waals surface area contributed by atoms with Crippen molar-refractivity contribution >= 4 is 5.82 Å². The van der Waals surface area contributed by atoms with E-state index in [2.05, 4.69) is 4.98 Å². The summed E-state index contributed by atoms with van der Waals surface area (Å²) in [5, 5.41) is 18.9. The molecular formula is C12H15F3N2O2. The maximum atomic E-state index is 12.6. The van der Waals surface area contributed by atoms with Crippen LogP contribution in [0.25, 0.3) is 0 Å². The fourth-order valence-corrected chi connectivity index (χ4v) is 2.07. The van der Waals surface area contributed by atoms with E-state index in [9.17, 15) is 18.3 Å². The Balaban J connectivity index is 2.12. The Morgan fingerprint density at radius 3 is 2.42 bits per heavy atom. The summed E-state index contributed by atoms with van der Waals surface area (Å²) >= 11 is 0. The summed E-state index contributed by atoms with van der Waals surface area (Å²) in [5.74, 6) is 0.245. The van der Waals surface area contributed by atoms with Gasteiger partial charge in [-0.15, -0.1) is 0 Å². The standard InChI is InChI=1S/C12H15F3N2O2/c13-12(14,15)9-2-1-3-10(16-9)17-6-4-11(19,8-18)5-7-17/h1-3,18-19H,4-8H2. The molecule has 2 N–H and O–H groups in total. The highest BCUT2D eigenvalue weighted by atomic mass is 19.4. The number of pyridine rings is 1. The van der Waals surface area contributed by atoms with Gasteiger partial charge >= 0.3 is 6.18 Å². The lowest BCUT2D eigenvalue weighted by molar-refractivity contribution is -0.141. The molecule has 1 aliphatic rings. The lowest BCUT2D eigenvalue weighted by Gasteiger charge is -2.37. The van der Waals surface area contributed by atoms with E-state index in [1.165, 1.54) is 12.1 Å². The van der Waals surface area contributed by atoms with Crippen molar-refractivity contribution in [1.82, 2.24) is 4.98 Å². The third-order valence-electron chi connectivity index (χ3n) is 3.34. The summed E-state index contributed by atoms with van der Waals surface area (Å²) < 4.78 is 37.7. The molecule has 1 aliphatic heterocycles. The quantitative estimate of drug-likeness (QED) is 0.858. The first kappa shape index (κ1) is 14.1. The van der Waals surface area contributed by atoms with E-state index in [-0.39, 0.29) is 12.4 Å². The van der Waals surface area contributed by atoms with Gasteiger partial charge in [0.15, 0.2) is 0 Å². The zero-order valence-corrected chi connectivity index (χ0v) is 10.2. The predicted molar refractivity (Wildman–Crippen MR) is 62.7 cm³/mol. The van der Waals surface area contributed by atoms with E-state index in [0.29, 0.717) is 25.9 Å². The topological polar surface area (TPSA) is 56.6 Å². The molecule has 0 aromatic carbocycles. The predicted octanol–water partition coefficient (Wildman–Crippen LogP) is 1.42. The Morgan fingerprint density at radius 1 is 1.26 bits per heavy atom. The largest absolute Gasteiger partial charge is 0.433 e. The Bertz CT molecular complexity index is 443. The minimum Gasteiger partial charge on any atom is -0.393 e. The van der Waals surface area contributed by atoms with Crippen molar-refractivity contribution in [2.75, 3.05) is 24.6 Å². The average Bonchev–Trinajstić information content (AvgIpc) is 2.39. The number of hydrogen-bond acceptors (Lipinski definition) is 4. The zero-order valence-electron chi connectivity index (χ0n) is 10.2. The fraction of sp³-hybridized carbons (Fsp3) is 0.583. The molecule has 0 amide bonds. The maximum absolute atomic E-state index is 12.6. The second-order valence-electron chi connectivity index (χ2n) is 4.75. The number of alkyl halides is 3. The molecule has 4 nitrogen and oxygen atoms in total. The molecule has 2 rings (SSSR count). The van der Waals surface area contributed by atoms with Gasteiger partial charge in [0.2, 0.25) is 0 Å². The Hall–Kier alpha value is -1.34. The molecule has 0 radical (unpaired) electrons. The van der Waals surface area contributed by atoms with Crippen molar-refractivity contribution in [2.24, 2.45) is 0 Å². The number of nitrogens with zero attached hydrogens (tertiary/aromatic N) is 2. The molecule has 0 saturated carbocycles. The second kappa shape index (κ2) is 4.97. The Morgan fingerprint density at radius 2 is 1.89 bits per heavy atom. The van der Waals surface area contributed by atoms with Crippen LogP contribution in [0.1, 0.15) is 18.5 Å². The molecule has 0 aliphatic carbocycles. The van der Waals surface area contributed by atoms with Gasteiger partial charge in [0.05, 0.1) is 12.2 Å². The summed E-state index contributed by atoms with van der Waals surface area (Å²) in [5.41, 5.74) is -2.05. The number of anilines is 1. The molecule has 1 aromatic rings. The fourth-order valence-electron chi connectivity index (χ4n) is 2.07. The van der Waals surface area contributed by atoms with Crippen LogP contribution in [0.2, 0.25) is 0 Å². The minimum absolute atomic E-state index is 0.245. The van der Waals surface area contributed by atoms with Crippen LogP contribution in [0.4, 0.5) is 19.0 Å². The first-order valence-electron chi connectivity index (χ1n) is 5.96. The van der Waals surface area contributed by atoms with Gasteiger partial charge in [0, 0.05) is 13.1 Å². The van der Waals surface area contributed by atoms with Gasteiger partial charge in [-0.1, -0.05) is 6.07 Å². The highest BCUT2D eigenvalue weighted by Gasteiger charge is 2.35. The summed E-state index contributed by atoms with van der Waals surface area (Å²) in [4.78, 5) is 5.28. The molecule has 0 bridgehead atoms. The Labute approximate surface area is 108 Å². The summed E-state index contributed by atoms with van der Waals surface area (Å²) in [6.45, 7) is 0.396. The van der Waals surface area contributed by atoms with Gasteiger partial charge in [-0.2, -0.15) is 13.2 Å². The van der Waals surface area contributed by atoms with Crippen molar-refractivity contribution in [1.29, 1.82) is 0 Å². The SMILES string of the molecule is OCC1(O)CCN(c2cccc(C(F)(F)F)n2)CC1. The van der Waals surface area contributed by atoms with Crippen molar-refractivity contribution < 1.29 is 23.4 Å². The van der Waals surface area contributed by atoms with Gasteiger partial charge < -0.3 is 15.1 Å². The third kappa shape index (κ3) is 3.16. The van der Waals surface area contributed by atoms with E-state index in [0.717, 1.165) is 6.07 Å². The molecule has 1 saturated heterocycles. The lowest BCUT2D eigenvalue weighted by Crippen LogP contribution is -2.47. The first-order chi connectivity index (χ1) is 8.84. The van der Waals surface area contributed by atoms with Crippen LogP contribution in [0, 0.1) is 0 Å². The van der Waals surface area contributed by atoms with Crippen molar-refractivity contribution in [3.8, 4) is 0 Å². The van der Waals surface area contributed by atoms with Crippen molar-refractivity contribution in [2.45, 2.75) is 24.6 Å². The first-order valence-corrected chi connectivity index (χ1v) is 5.96. The van der Waals surface area contributed by atoms with Crippen LogP contribution in [0.3, 0.4) is 0 Å². The van der Waals surface area contributed by atoms with Crippen molar-refractivity contribution in [3.05, 3.63) is 23.9 Å². The number of rotatable bonds is 2. The van der Waals surface area contributed by atoms with Crippen LogP contribution >= 0.6 is 0 Å². The number of hydrogen-bond donors (Lipinski definition) is 2. The average molecular weight is 276 g/mol. The number of aliphatic hydroxyl groups is 2. The van der Waals surface area contributed by atoms with Gasteiger partial charge in [-0.05, 0) is 25.0 Å². The third-order valence-corrected chi connectivity index (χ3v) is 3.34. The van der Waals surface area contributed by atoms with E-state index in [4.69, 9.17) is 5.11 Å². The van der Waals surface area contributed by atoms with Gasteiger partial charge in [0.1, 0.15) is 11.5 Å². The van der Waals surface area contributed by atoms with Gasteiger partial charge in [-0.25, -0.2) is 4.98 Å². The van der Waals surface area contributed by atoms with Crippen molar-refractivity contribution in [3.63, 3.8) is 0 Å². The minimum atomic E-state index is -4.46. The molecule has 0 unspecified atom stereocenters. The molecule has 7 heteroatoms. The number of aliphatic hydroxyl groups excluding tert-OH is 1. The van der Waals surface area contributed by atoms with Crippen LogP contribution < -0.4 is 4.90 Å². The van der Waals surface area contributed by atoms with Crippen LogP contribution in [-0.4, -0.2) is 40.5 Å². The highest BCUT2D eigenvalue weighted by molar-refractivity contribution is 5.40. The van der Waals surface area contributed by atoms with Crippen LogP contribution in [-0.2, 0) is 6.18 Å². The number of piperidine rings is 1. The van der Waals surface area contributed by atoms with Gasteiger partial charge in [-0.3, -0.25) is 0 Å². The number of aromatic nitrogens is 1. The normalized spacial score (nSPS) is 19.5. The number of halogens is 3. The van der Waals surface area contributed by atoms with E-state index >= 15 is 0 Å². The summed E-state index contributed by atoms with van der Waals surface area (Å²) in [7, 11) is 0. The molecule has 19 heavy (non-hydrogen) atoms. The van der Waals surface area contributed by atoms with E-state index in [1.807, 2.05) is 0 Å². The highest BCUT2D eigenvalue weighted by Crippen LogP contribution is 2.30. The van der Waals surface area contributed by atoms with Crippen LogP contribution in [0.5, 0.6) is 0 Å². The molecule has 2 heterocycles. The molecular weight excluding hydrogens is 261 g/mol. The maximum Gasteiger partial charge on any atom is 0.433 e. The van der Waals surface area contributed by atoms with Gasteiger partial charge in [0.25, 0.3) is 0 Å². The lowest BCUT2D eigenvalue weighted by atomic mass is 9.92. The van der Waals surface area contributed by atoms with Crippen LogP contribution in [0.15, 0.2) is 18.2 Å². The van der Waals surface area contributed by atoms with E-state index < -0.39 is 17.5 Å². The van der Waals surface area contributed by atoms with E-state index in [1.54, 1.807) is 4.90 Å². The summed E-state index contributed by atoms with van der Waals surface area (Å²) in [6.07, 6.45) is -3.85. The molecule has 0 spiro atoms. The molecule has 1 aromatic heterocycles. The molecule has 1 fully saturated rings. The summed E-state index contributed by atoms with van der Waals surface area (Å²) in [6, 6.07) is 3.76.